The van der Waals surface area contributed by atoms with Crippen molar-refractivity contribution < 1.29 is 22.4 Å². The van der Waals surface area contributed by atoms with Crippen molar-refractivity contribution in [1.29, 1.82) is 0 Å². The summed E-state index contributed by atoms with van der Waals surface area (Å²) in [7, 11) is 0. The molecule has 0 unspecified atom stereocenters. The van der Waals surface area contributed by atoms with Gasteiger partial charge in [0.05, 0.1) is 0 Å². The fourth-order valence-electron chi connectivity index (χ4n) is 1.45. The zero-order chi connectivity index (χ0) is 13.2. The third-order valence-corrected chi connectivity index (χ3v) is 2.06. The normalized spacial score (nSPS) is 11.6. The molecule has 0 spiro atoms. The average Bonchev–Trinajstić information content (AvgIpc) is 2.62. The number of aromatic nitrogens is 2. The fourth-order valence-corrected chi connectivity index (χ4v) is 1.45. The van der Waals surface area contributed by atoms with E-state index in [4.69, 9.17) is 4.52 Å². The van der Waals surface area contributed by atoms with Gasteiger partial charge in [0.1, 0.15) is 5.75 Å². The van der Waals surface area contributed by atoms with Crippen molar-refractivity contribution in [2.24, 2.45) is 0 Å². The molecule has 0 N–H and O–H groups in total. The largest absolute Gasteiger partial charge is 0.573 e. The lowest BCUT2D eigenvalue weighted by Gasteiger charge is -2.09. The molecule has 0 amide bonds. The Morgan fingerprint density at radius 3 is 2.72 bits per heavy atom. The number of rotatable bonds is 3. The first-order chi connectivity index (χ1) is 8.42. The van der Waals surface area contributed by atoms with Crippen LogP contribution in [0.25, 0.3) is 0 Å². The van der Waals surface area contributed by atoms with E-state index in [-0.39, 0.29) is 12.2 Å². The molecule has 0 saturated heterocycles. The summed E-state index contributed by atoms with van der Waals surface area (Å²) >= 11 is 0. The van der Waals surface area contributed by atoms with Gasteiger partial charge in [-0.05, 0) is 17.7 Å². The van der Waals surface area contributed by atoms with Crippen LogP contribution in [-0.2, 0) is 6.42 Å². The summed E-state index contributed by atoms with van der Waals surface area (Å²) in [6.45, 7) is 1.64. The highest BCUT2D eigenvalue weighted by molar-refractivity contribution is 5.30. The van der Waals surface area contributed by atoms with Gasteiger partial charge in [-0.3, -0.25) is 0 Å². The van der Waals surface area contributed by atoms with E-state index in [1.165, 1.54) is 18.2 Å². The Kier molecular flexibility index (Phi) is 3.22. The van der Waals surface area contributed by atoms with E-state index >= 15 is 0 Å². The summed E-state index contributed by atoms with van der Waals surface area (Å²) in [6, 6.07) is 5.66. The van der Waals surface area contributed by atoms with Gasteiger partial charge < -0.3 is 9.26 Å². The number of ether oxygens (including phenoxy) is 1. The second kappa shape index (κ2) is 4.67. The van der Waals surface area contributed by atoms with Crippen LogP contribution in [0.2, 0.25) is 0 Å². The van der Waals surface area contributed by atoms with Crippen molar-refractivity contribution in [2.45, 2.75) is 19.7 Å². The van der Waals surface area contributed by atoms with Crippen LogP contribution in [0.4, 0.5) is 13.2 Å². The van der Waals surface area contributed by atoms with Crippen molar-refractivity contribution in [1.82, 2.24) is 10.1 Å². The standard InChI is InChI=1S/C11H9F3N2O2/c1-7-15-10(16-18-7)6-8-3-2-4-9(5-8)17-11(12,13)14/h2-5H,6H2,1H3. The number of alkyl halides is 3. The Balaban J connectivity index is 2.12. The van der Waals surface area contributed by atoms with Crippen molar-refractivity contribution in [3.8, 4) is 5.75 Å². The molecule has 7 heteroatoms. The average molecular weight is 258 g/mol. The minimum Gasteiger partial charge on any atom is -0.406 e. The molecule has 0 radical (unpaired) electrons. The van der Waals surface area contributed by atoms with Crippen LogP contribution in [-0.4, -0.2) is 16.5 Å². The number of aryl methyl sites for hydroxylation is 1. The Morgan fingerprint density at radius 1 is 1.33 bits per heavy atom. The minimum absolute atomic E-state index is 0.264. The molecule has 0 fully saturated rings. The lowest BCUT2D eigenvalue weighted by molar-refractivity contribution is -0.274. The topological polar surface area (TPSA) is 48.2 Å². The summed E-state index contributed by atoms with van der Waals surface area (Å²) < 4.78 is 44.7. The molecule has 2 rings (SSSR count). The van der Waals surface area contributed by atoms with E-state index in [1.807, 2.05) is 0 Å². The maximum Gasteiger partial charge on any atom is 0.573 e. The molecule has 1 aromatic heterocycles. The Bertz CT molecular complexity index is 537. The number of nitrogens with zero attached hydrogens (tertiary/aromatic N) is 2. The highest BCUT2D eigenvalue weighted by atomic mass is 19.4. The molecule has 0 bridgehead atoms. The van der Waals surface area contributed by atoms with Crippen LogP contribution >= 0.6 is 0 Å². The SMILES string of the molecule is Cc1nc(Cc2cccc(OC(F)(F)F)c2)no1. The first kappa shape index (κ1) is 12.4. The van der Waals surface area contributed by atoms with Crippen LogP contribution < -0.4 is 4.74 Å². The number of hydrogen-bond acceptors (Lipinski definition) is 4. The van der Waals surface area contributed by atoms with Crippen LogP contribution in [0.3, 0.4) is 0 Å². The molecular weight excluding hydrogens is 249 g/mol. The van der Waals surface area contributed by atoms with Gasteiger partial charge in [0, 0.05) is 13.3 Å². The molecule has 4 nitrogen and oxygen atoms in total. The van der Waals surface area contributed by atoms with E-state index in [2.05, 4.69) is 14.9 Å². The third kappa shape index (κ3) is 3.47. The zero-order valence-electron chi connectivity index (χ0n) is 9.36. The molecule has 0 aliphatic rings. The summed E-state index contributed by atoms with van der Waals surface area (Å²) in [5.74, 6) is 0.560. The van der Waals surface area contributed by atoms with E-state index in [9.17, 15) is 13.2 Å². The molecule has 0 aliphatic carbocycles. The Labute approximate surface area is 100 Å². The third-order valence-electron chi connectivity index (χ3n) is 2.06. The Hall–Kier alpha value is -2.05. The zero-order valence-corrected chi connectivity index (χ0v) is 9.36. The van der Waals surface area contributed by atoms with Crippen LogP contribution in [0, 0.1) is 6.92 Å². The highest BCUT2D eigenvalue weighted by Gasteiger charge is 2.31. The molecule has 0 saturated carbocycles. The second-order valence-corrected chi connectivity index (χ2v) is 3.60. The minimum atomic E-state index is -4.69. The van der Waals surface area contributed by atoms with Crippen LogP contribution in [0.5, 0.6) is 5.75 Å². The molecule has 0 atom stereocenters. The van der Waals surface area contributed by atoms with Gasteiger partial charge in [-0.25, -0.2) is 0 Å². The monoisotopic (exact) mass is 258 g/mol. The van der Waals surface area contributed by atoms with Gasteiger partial charge in [-0.2, -0.15) is 4.98 Å². The van der Waals surface area contributed by atoms with Crippen molar-refractivity contribution in [3.63, 3.8) is 0 Å². The smallest absolute Gasteiger partial charge is 0.406 e. The number of hydrogen-bond donors (Lipinski definition) is 0. The lowest BCUT2D eigenvalue weighted by atomic mass is 10.1. The maximum absolute atomic E-state index is 12.0. The van der Waals surface area contributed by atoms with E-state index in [0.717, 1.165) is 0 Å². The van der Waals surface area contributed by atoms with Gasteiger partial charge in [0.2, 0.25) is 5.89 Å². The van der Waals surface area contributed by atoms with Gasteiger partial charge in [-0.15, -0.1) is 13.2 Å². The molecule has 0 aliphatic heterocycles. The summed E-state index contributed by atoms with van der Waals surface area (Å²) in [5, 5.41) is 3.67. The molecule has 1 aromatic carbocycles. The van der Waals surface area contributed by atoms with Crippen molar-refractivity contribution in [3.05, 3.63) is 41.5 Å². The van der Waals surface area contributed by atoms with Crippen LogP contribution in [0.1, 0.15) is 17.3 Å². The van der Waals surface area contributed by atoms with Gasteiger partial charge in [0.25, 0.3) is 0 Å². The quantitative estimate of drug-likeness (QED) is 0.849. The molecule has 96 valence electrons. The first-order valence-electron chi connectivity index (χ1n) is 5.06. The molecule has 1 heterocycles. The van der Waals surface area contributed by atoms with E-state index < -0.39 is 6.36 Å². The Morgan fingerprint density at radius 2 is 2.11 bits per heavy atom. The molecule has 2 aromatic rings. The summed E-state index contributed by atoms with van der Waals surface area (Å²) in [4.78, 5) is 3.97. The van der Waals surface area contributed by atoms with Gasteiger partial charge in [0.15, 0.2) is 5.82 Å². The lowest BCUT2D eigenvalue weighted by Crippen LogP contribution is -2.17. The molecular formula is C11H9F3N2O2. The number of benzene rings is 1. The summed E-state index contributed by atoms with van der Waals surface area (Å²) in [6.07, 6.45) is -4.41. The predicted octanol–water partition coefficient (Wildman–Crippen LogP) is 2.87. The van der Waals surface area contributed by atoms with E-state index in [1.54, 1.807) is 13.0 Å². The fraction of sp³-hybridized carbons (Fsp3) is 0.273. The van der Waals surface area contributed by atoms with Gasteiger partial charge >= 0.3 is 6.36 Å². The van der Waals surface area contributed by atoms with E-state index in [0.29, 0.717) is 17.3 Å². The van der Waals surface area contributed by atoms with Crippen LogP contribution in [0.15, 0.2) is 28.8 Å². The maximum atomic E-state index is 12.0. The highest BCUT2D eigenvalue weighted by Crippen LogP contribution is 2.23. The summed E-state index contributed by atoms with van der Waals surface area (Å²) in [5.41, 5.74) is 0.609. The number of halogens is 3. The van der Waals surface area contributed by atoms with Gasteiger partial charge in [-0.1, -0.05) is 17.3 Å². The predicted molar refractivity (Wildman–Crippen MR) is 55.0 cm³/mol. The first-order valence-corrected chi connectivity index (χ1v) is 5.06. The van der Waals surface area contributed by atoms with Crippen molar-refractivity contribution >= 4 is 0 Å². The molecule has 18 heavy (non-hydrogen) atoms. The second-order valence-electron chi connectivity index (χ2n) is 3.60. The van der Waals surface area contributed by atoms with Crippen molar-refractivity contribution in [2.75, 3.05) is 0 Å².